The zero-order chi connectivity index (χ0) is 13.8. The first-order valence-corrected chi connectivity index (χ1v) is 6.75. The smallest absolute Gasteiger partial charge is 0.163 e. The maximum absolute atomic E-state index is 12.0. The summed E-state index contributed by atoms with van der Waals surface area (Å²) in [6, 6.07) is 3.87. The van der Waals surface area contributed by atoms with Gasteiger partial charge in [-0.05, 0) is 38.0 Å². The highest BCUT2D eigenvalue weighted by Crippen LogP contribution is 2.20. The lowest BCUT2D eigenvalue weighted by Crippen LogP contribution is -2.01. The quantitative estimate of drug-likeness (QED) is 0.810. The summed E-state index contributed by atoms with van der Waals surface area (Å²) >= 11 is 0. The third-order valence-corrected chi connectivity index (χ3v) is 3.10. The monoisotopic (exact) mass is 260 g/mol. The molecule has 0 atom stereocenters. The minimum atomic E-state index is 0.191. The molecule has 1 aromatic heterocycles. The van der Waals surface area contributed by atoms with Gasteiger partial charge in [0.2, 0.25) is 0 Å². The molecular formula is C15H20N2O2. The minimum absolute atomic E-state index is 0.191. The summed E-state index contributed by atoms with van der Waals surface area (Å²) in [5.74, 6) is 0.993. The Balaban J connectivity index is 2.35. The number of hydrogen-bond acceptors (Lipinski definition) is 3. The van der Waals surface area contributed by atoms with Crippen molar-refractivity contribution in [2.45, 2.75) is 40.2 Å². The van der Waals surface area contributed by atoms with Gasteiger partial charge in [-0.1, -0.05) is 6.92 Å². The standard InChI is InChI=1S/C15H20N2O2/c1-4-6-14(18)11-8-13-12(7-10(11)3)16-15(17-13)9-19-5-2/h7-8H,4-6,9H2,1-3H3,(H,16,17). The molecule has 0 fully saturated rings. The van der Waals surface area contributed by atoms with Crippen LogP contribution in [0.25, 0.3) is 11.0 Å². The van der Waals surface area contributed by atoms with E-state index >= 15 is 0 Å². The van der Waals surface area contributed by atoms with Gasteiger partial charge in [0.25, 0.3) is 0 Å². The molecule has 2 aromatic rings. The fraction of sp³-hybridized carbons (Fsp3) is 0.467. The Labute approximate surface area is 113 Å². The minimum Gasteiger partial charge on any atom is -0.374 e. The SMILES string of the molecule is CCCC(=O)c1cc2nc(COCC)[nH]c2cc1C. The lowest BCUT2D eigenvalue weighted by Gasteiger charge is -2.03. The van der Waals surface area contributed by atoms with Crippen LogP contribution in [0.1, 0.15) is 48.4 Å². The molecule has 0 aliphatic rings. The first-order valence-electron chi connectivity index (χ1n) is 6.75. The largest absolute Gasteiger partial charge is 0.374 e. The number of hydrogen-bond donors (Lipinski definition) is 1. The van der Waals surface area contributed by atoms with Gasteiger partial charge in [0.1, 0.15) is 12.4 Å². The van der Waals surface area contributed by atoms with Crippen LogP contribution in [0.15, 0.2) is 12.1 Å². The number of ketones is 1. The predicted octanol–water partition coefficient (Wildman–Crippen LogP) is 3.39. The van der Waals surface area contributed by atoms with Crippen molar-refractivity contribution in [2.75, 3.05) is 6.61 Å². The molecule has 2 rings (SSSR count). The topological polar surface area (TPSA) is 55.0 Å². The number of nitrogens with one attached hydrogen (secondary N) is 1. The highest BCUT2D eigenvalue weighted by molar-refractivity contribution is 6.00. The van der Waals surface area contributed by atoms with Crippen LogP contribution in [0, 0.1) is 6.92 Å². The number of H-pyrrole nitrogens is 1. The van der Waals surface area contributed by atoms with Crippen molar-refractivity contribution in [2.24, 2.45) is 0 Å². The first-order chi connectivity index (χ1) is 9.15. The van der Waals surface area contributed by atoms with Crippen LogP contribution in [0.5, 0.6) is 0 Å². The Morgan fingerprint density at radius 3 is 2.84 bits per heavy atom. The summed E-state index contributed by atoms with van der Waals surface area (Å²) in [6.07, 6.45) is 1.45. The highest BCUT2D eigenvalue weighted by atomic mass is 16.5. The second-order valence-corrected chi connectivity index (χ2v) is 4.68. The van der Waals surface area contributed by atoms with Gasteiger partial charge < -0.3 is 9.72 Å². The zero-order valence-corrected chi connectivity index (χ0v) is 11.7. The molecule has 0 spiro atoms. The summed E-state index contributed by atoms with van der Waals surface area (Å²) in [7, 11) is 0. The first kappa shape index (κ1) is 13.7. The maximum atomic E-state index is 12.0. The van der Waals surface area contributed by atoms with E-state index in [2.05, 4.69) is 9.97 Å². The number of nitrogens with zero attached hydrogens (tertiary/aromatic N) is 1. The number of aryl methyl sites for hydroxylation is 1. The number of rotatable bonds is 6. The lowest BCUT2D eigenvalue weighted by atomic mass is 10.0. The number of benzene rings is 1. The van der Waals surface area contributed by atoms with Gasteiger partial charge in [-0.25, -0.2) is 4.98 Å². The molecule has 0 aliphatic carbocycles. The average Bonchev–Trinajstić information content (AvgIpc) is 2.77. The number of ether oxygens (including phenoxy) is 1. The third-order valence-electron chi connectivity index (χ3n) is 3.10. The van der Waals surface area contributed by atoms with Crippen molar-refractivity contribution in [1.82, 2.24) is 9.97 Å². The number of carbonyl (C=O) groups is 1. The van der Waals surface area contributed by atoms with Crippen molar-refractivity contribution in [3.8, 4) is 0 Å². The van der Waals surface area contributed by atoms with Gasteiger partial charge in [0, 0.05) is 18.6 Å². The molecular weight excluding hydrogens is 240 g/mol. The Hall–Kier alpha value is -1.68. The molecule has 0 saturated carbocycles. The number of aromatic amines is 1. The Morgan fingerprint density at radius 1 is 1.37 bits per heavy atom. The zero-order valence-electron chi connectivity index (χ0n) is 11.7. The second-order valence-electron chi connectivity index (χ2n) is 4.68. The van der Waals surface area contributed by atoms with Crippen LogP contribution >= 0.6 is 0 Å². The fourth-order valence-corrected chi connectivity index (χ4v) is 2.15. The molecule has 0 unspecified atom stereocenters. The van der Waals surface area contributed by atoms with Gasteiger partial charge in [-0.3, -0.25) is 4.79 Å². The number of imidazole rings is 1. The van der Waals surface area contributed by atoms with Crippen molar-refractivity contribution in [3.05, 3.63) is 29.1 Å². The molecule has 19 heavy (non-hydrogen) atoms. The van der Waals surface area contributed by atoms with E-state index in [0.717, 1.165) is 34.4 Å². The predicted molar refractivity (Wildman–Crippen MR) is 75.4 cm³/mol. The molecule has 0 amide bonds. The van der Waals surface area contributed by atoms with Gasteiger partial charge in [0.05, 0.1) is 11.0 Å². The Bertz CT molecular complexity index is 587. The van der Waals surface area contributed by atoms with Gasteiger partial charge in [-0.15, -0.1) is 0 Å². The molecule has 4 heteroatoms. The Kier molecular flexibility index (Phi) is 4.32. The third kappa shape index (κ3) is 3.01. The molecule has 4 nitrogen and oxygen atoms in total. The van der Waals surface area contributed by atoms with Crippen LogP contribution in [0.4, 0.5) is 0 Å². The second kappa shape index (κ2) is 5.97. The molecule has 0 saturated heterocycles. The van der Waals surface area contributed by atoms with E-state index in [1.807, 2.05) is 32.9 Å². The van der Waals surface area contributed by atoms with E-state index in [0.29, 0.717) is 19.6 Å². The molecule has 1 heterocycles. The van der Waals surface area contributed by atoms with Crippen molar-refractivity contribution in [3.63, 3.8) is 0 Å². The van der Waals surface area contributed by atoms with E-state index in [9.17, 15) is 4.79 Å². The number of aromatic nitrogens is 2. The van der Waals surface area contributed by atoms with Gasteiger partial charge in [-0.2, -0.15) is 0 Å². The van der Waals surface area contributed by atoms with E-state index < -0.39 is 0 Å². The number of fused-ring (bicyclic) bond motifs is 1. The summed E-state index contributed by atoms with van der Waals surface area (Å²) in [5, 5.41) is 0. The normalized spacial score (nSPS) is 11.1. The van der Waals surface area contributed by atoms with Crippen molar-refractivity contribution < 1.29 is 9.53 Å². The van der Waals surface area contributed by atoms with E-state index in [1.165, 1.54) is 0 Å². The summed E-state index contributed by atoms with van der Waals surface area (Å²) in [6.45, 7) is 7.07. The molecule has 0 aliphatic heterocycles. The van der Waals surface area contributed by atoms with E-state index in [4.69, 9.17) is 4.74 Å². The van der Waals surface area contributed by atoms with E-state index in [-0.39, 0.29) is 5.78 Å². The van der Waals surface area contributed by atoms with Crippen LogP contribution in [-0.4, -0.2) is 22.4 Å². The average molecular weight is 260 g/mol. The highest BCUT2D eigenvalue weighted by Gasteiger charge is 2.12. The molecule has 0 radical (unpaired) electrons. The van der Waals surface area contributed by atoms with Crippen LogP contribution in [0.3, 0.4) is 0 Å². The summed E-state index contributed by atoms with van der Waals surface area (Å²) in [4.78, 5) is 19.7. The molecule has 1 N–H and O–H groups in total. The van der Waals surface area contributed by atoms with Crippen molar-refractivity contribution >= 4 is 16.8 Å². The Morgan fingerprint density at radius 2 is 2.16 bits per heavy atom. The summed E-state index contributed by atoms with van der Waals surface area (Å²) in [5.41, 5.74) is 3.57. The molecule has 102 valence electrons. The van der Waals surface area contributed by atoms with E-state index in [1.54, 1.807) is 0 Å². The van der Waals surface area contributed by atoms with Crippen molar-refractivity contribution in [1.29, 1.82) is 0 Å². The van der Waals surface area contributed by atoms with Crippen LogP contribution < -0.4 is 0 Å². The van der Waals surface area contributed by atoms with Crippen LogP contribution in [0.2, 0.25) is 0 Å². The summed E-state index contributed by atoms with van der Waals surface area (Å²) < 4.78 is 5.33. The lowest BCUT2D eigenvalue weighted by molar-refractivity contribution is 0.0981. The maximum Gasteiger partial charge on any atom is 0.163 e. The molecule has 0 bridgehead atoms. The fourth-order valence-electron chi connectivity index (χ4n) is 2.15. The van der Waals surface area contributed by atoms with Gasteiger partial charge in [0.15, 0.2) is 5.78 Å². The number of Topliss-reactive ketones (excluding diaryl/α,β-unsaturated/α-hetero) is 1. The molecule has 1 aromatic carbocycles. The van der Waals surface area contributed by atoms with Crippen LogP contribution in [-0.2, 0) is 11.3 Å². The van der Waals surface area contributed by atoms with Gasteiger partial charge >= 0.3 is 0 Å². The number of carbonyl (C=O) groups excluding carboxylic acids is 1.